The molecule has 33 heavy (non-hydrogen) atoms. The van der Waals surface area contributed by atoms with Gasteiger partial charge in [-0.3, -0.25) is 9.69 Å². The number of hydrogen-bond donors (Lipinski definition) is 1. The van der Waals surface area contributed by atoms with E-state index in [4.69, 9.17) is 17.0 Å². The van der Waals surface area contributed by atoms with Crippen molar-refractivity contribution in [3.8, 4) is 5.75 Å². The number of hydrogen-bond acceptors (Lipinski definition) is 4. The molecule has 1 aliphatic rings. The fourth-order valence-electron chi connectivity index (χ4n) is 3.71. The summed E-state index contributed by atoms with van der Waals surface area (Å²) in [4.78, 5) is 17.7. The Labute approximate surface area is 208 Å². The van der Waals surface area contributed by atoms with Crippen molar-refractivity contribution in [1.29, 1.82) is 0 Å². The zero-order chi connectivity index (χ0) is 23.0. The average Bonchev–Trinajstić information content (AvgIpc) is 2.85. The number of carbonyl (C=O) groups excluding carboxylic acids is 1. The lowest BCUT2D eigenvalue weighted by Crippen LogP contribution is -2.47. The van der Waals surface area contributed by atoms with Gasteiger partial charge in [0.15, 0.2) is 6.61 Å². The Bertz CT molecular complexity index is 1070. The molecule has 0 radical (unpaired) electrons. The van der Waals surface area contributed by atoms with Crippen molar-refractivity contribution in [2.45, 2.75) is 6.54 Å². The van der Waals surface area contributed by atoms with Crippen LogP contribution in [0.25, 0.3) is 0 Å². The molecule has 3 aromatic rings. The number of nitrogens with one attached hydrogen (secondary N) is 1. The normalized spacial score (nSPS) is 14.0. The molecule has 1 amide bonds. The first kappa shape index (κ1) is 23.4. The molecule has 1 aliphatic heterocycles. The Balaban J connectivity index is 1.23. The number of halogens is 1. The summed E-state index contributed by atoms with van der Waals surface area (Å²) in [6, 6.07) is 25.6. The van der Waals surface area contributed by atoms with Crippen LogP contribution >= 0.6 is 28.1 Å². The molecule has 1 N–H and O–H groups in total. The van der Waals surface area contributed by atoms with Gasteiger partial charge in [-0.2, -0.15) is 0 Å². The minimum Gasteiger partial charge on any atom is -0.484 e. The second-order valence-electron chi connectivity index (χ2n) is 7.92. The Hall–Kier alpha value is -2.74. The van der Waals surface area contributed by atoms with Gasteiger partial charge >= 0.3 is 0 Å². The number of nitrogens with zero attached hydrogens (tertiary/aromatic N) is 2. The molecule has 5 nitrogen and oxygen atoms in total. The van der Waals surface area contributed by atoms with Gasteiger partial charge < -0.3 is 15.0 Å². The van der Waals surface area contributed by atoms with Crippen molar-refractivity contribution in [3.05, 3.63) is 94.5 Å². The van der Waals surface area contributed by atoms with Crippen LogP contribution < -0.4 is 10.1 Å². The summed E-state index contributed by atoms with van der Waals surface area (Å²) in [5, 5.41) is 2.81. The predicted molar refractivity (Wildman–Crippen MR) is 140 cm³/mol. The standard InChI is InChI=1S/C26H26BrN3O2S/c27-22-8-10-23(11-9-22)28-25(31)19-32-24-12-6-21(7-13-24)26(33)30-16-14-29(15-17-30)18-20-4-2-1-3-5-20/h1-13H,14-19H2,(H,28,31). The smallest absolute Gasteiger partial charge is 0.262 e. The van der Waals surface area contributed by atoms with E-state index in [1.54, 1.807) is 0 Å². The van der Waals surface area contributed by atoms with E-state index in [-0.39, 0.29) is 12.5 Å². The van der Waals surface area contributed by atoms with E-state index < -0.39 is 0 Å². The summed E-state index contributed by atoms with van der Waals surface area (Å²) in [6.07, 6.45) is 0. The molecule has 0 atom stereocenters. The van der Waals surface area contributed by atoms with Gasteiger partial charge in [-0.15, -0.1) is 0 Å². The molecule has 4 rings (SSSR count). The third-order valence-corrected chi connectivity index (χ3v) is 6.53. The molecule has 170 valence electrons. The highest BCUT2D eigenvalue weighted by molar-refractivity contribution is 9.10. The van der Waals surface area contributed by atoms with Crippen LogP contribution in [0.4, 0.5) is 5.69 Å². The van der Waals surface area contributed by atoms with Crippen LogP contribution in [0.15, 0.2) is 83.3 Å². The number of ether oxygens (including phenoxy) is 1. The van der Waals surface area contributed by atoms with Crippen molar-refractivity contribution < 1.29 is 9.53 Å². The van der Waals surface area contributed by atoms with Gasteiger partial charge in [0, 0.05) is 48.4 Å². The molecule has 0 aromatic heterocycles. The Morgan fingerprint density at radius 1 is 0.909 bits per heavy atom. The zero-order valence-electron chi connectivity index (χ0n) is 18.2. The summed E-state index contributed by atoms with van der Waals surface area (Å²) < 4.78 is 6.59. The van der Waals surface area contributed by atoms with E-state index in [2.05, 4.69) is 61.4 Å². The molecule has 0 spiro atoms. The minimum atomic E-state index is -0.203. The van der Waals surface area contributed by atoms with Crippen LogP contribution in [0.1, 0.15) is 11.1 Å². The molecule has 1 saturated heterocycles. The largest absolute Gasteiger partial charge is 0.484 e. The molecule has 0 bridgehead atoms. The van der Waals surface area contributed by atoms with Crippen LogP contribution in [-0.2, 0) is 11.3 Å². The maximum Gasteiger partial charge on any atom is 0.262 e. The summed E-state index contributed by atoms with van der Waals surface area (Å²) in [5.74, 6) is 0.436. The summed E-state index contributed by atoms with van der Waals surface area (Å²) in [5.41, 5.74) is 3.07. The zero-order valence-corrected chi connectivity index (χ0v) is 20.6. The maximum absolute atomic E-state index is 12.1. The van der Waals surface area contributed by atoms with Crippen LogP contribution in [0, 0.1) is 0 Å². The lowest BCUT2D eigenvalue weighted by molar-refractivity contribution is -0.118. The molecule has 1 heterocycles. The van der Waals surface area contributed by atoms with E-state index >= 15 is 0 Å². The summed E-state index contributed by atoms with van der Waals surface area (Å²) in [7, 11) is 0. The van der Waals surface area contributed by atoms with Crippen molar-refractivity contribution in [1.82, 2.24) is 9.80 Å². The number of anilines is 1. The average molecular weight is 524 g/mol. The van der Waals surface area contributed by atoms with Crippen LogP contribution in [-0.4, -0.2) is 53.5 Å². The van der Waals surface area contributed by atoms with Crippen LogP contribution in [0.5, 0.6) is 5.75 Å². The van der Waals surface area contributed by atoms with Gasteiger partial charge in [-0.25, -0.2) is 0 Å². The number of carbonyl (C=O) groups is 1. The van der Waals surface area contributed by atoms with Gasteiger partial charge in [0.1, 0.15) is 10.7 Å². The highest BCUT2D eigenvalue weighted by atomic mass is 79.9. The van der Waals surface area contributed by atoms with E-state index in [0.29, 0.717) is 5.75 Å². The lowest BCUT2D eigenvalue weighted by atomic mass is 10.1. The second-order valence-corrected chi connectivity index (χ2v) is 9.22. The Morgan fingerprint density at radius 2 is 1.58 bits per heavy atom. The molecular formula is C26H26BrN3O2S. The molecule has 1 fully saturated rings. The van der Waals surface area contributed by atoms with Gasteiger partial charge in [0.25, 0.3) is 5.91 Å². The Morgan fingerprint density at radius 3 is 2.24 bits per heavy atom. The van der Waals surface area contributed by atoms with Crippen molar-refractivity contribution in [3.63, 3.8) is 0 Å². The number of thiocarbonyl (C=S) groups is 1. The molecular weight excluding hydrogens is 498 g/mol. The first-order valence-corrected chi connectivity index (χ1v) is 12.1. The molecule has 3 aromatic carbocycles. The third kappa shape index (κ3) is 6.87. The third-order valence-electron chi connectivity index (χ3n) is 5.51. The molecule has 7 heteroatoms. The van der Waals surface area contributed by atoms with Crippen molar-refractivity contribution >= 4 is 44.7 Å². The fraction of sp³-hybridized carbons (Fsp3) is 0.231. The van der Waals surface area contributed by atoms with Crippen LogP contribution in [0.3, 0.4) is 0 Å². The summed E-state index contributed by atoms with van der Waals surface area (Å²) >= 11 is 9.12. The van der Waals surface area contributed by atoms with Crippen molar-refractivity contribution in [2.24, 2.45) is 0 Å². The highest BCUT2D eigenvalue weighted by Crippen LogP contribution is 2.17. The Kier molecular flexibility index (Phi) is 8.10. The van der Waals surface area contributed by atoms with Gasteiger partial charge in [-0.05, 0) is 54.1 Å². The van der Waals surface area contributed by atoms with Gasteiger partial charge in [-0.1, -0.05) is 58.5 Å². The monoisotopic (exact) mass is 523 g/mol. The summed E-state index contributed by atoms with van der Waals surface area (Å²) in [6.45, 7) is 4.74. The minimum absolute atomic E-state index is 0.0524. The lowest BCUT2D eigenvalue weighted by Gasteiger charge is -2.36. The van der Waals surface area contributed by atoms with E-state index in [9.17, 15) is 4.79 Å². The van der Waals surface area contributed by atoms with E-state index in [1.165, 1.54) is 5.56 Å². The van der Waals surface area contributed by atoms with Crippen LogP contribution in [0.2, 0.25) is 0 Å². The predicted octanol–water partition coefficient (Wildman–Crippen LogP) is 4.96. The van der Waals surface area contributed by atoms with Gasteiger partial charge in [0.05, 0.1) is 0 Å². The quantitative estimate of drug-likeness (QED) is 0.443. The number of rotatable bonds is 7. The fourth-order valence-corrected chi connectivity index (χ4v) is 4.29. The van der Waals surface area contributed by atoms with E-state index in [0.717, 1.165) is 53.4 Å². The second kappa shape index (κ2) is 11.4. The topological polar surface area (TPSA) is 44.8 Å². The van der Waals surface area contributed by atoms with Crippen molar-refractivity contribution in [2.75, 3.05) is 38.1 Å². The number of piperazine rings is 1. The molecule has 0 saturated carbocycles. The number of amides is 1. The first-order chi connectivity index (χ1) is 16.1. The van der Waals surface area contributed by atoms with E-state index in [1.807, 2.05) is 48.5 Å². The number of benzene rings is 3. The first-order valence-electron chi connectivity index (χ1n) is 10.9. The van der Waals surface area contributed by atoms with Gasteiger partial charge in [0.2, 0.25) is 0 Å². The highest BCUT2D eigenvalue weighted by Gasteiger charge is 2.20. The molecule has 0 unspecified atom stereocenters. The SMILES string of the molecule is O=C(COc1ccc(C(=S)N2CCN(Cc3ccccc3)CC2)cc1)Nc1ccc(Br)cc1. The maximum atomic E-state index is 12.1. The molecule has 0 aliphatic carbocycles.